The summed E-state index contributed by atoms with van der Waals surface area (Å²) in [5.74, 6) is 0.621. The van der Waals surface area contributed by atoms with Crippen molar-refractivity contribution in [3.63, 3.8) is 0 Å². The molecule has 6 nitrogen and oxygen atoms in total. The van der Waals surface area contributed by atoms with Crippen LogP contribution in [0.2, 0.25) is 0 Å². The van der Waals surface area contributed by atoms with Crippen LogP contribution >= 0.6 is 0 Å². The zero-order chi connectivity index (χ0) is 16.9. The zero-order valence-electron chi connectivity index (χ0n) is 14.9. The molecule has 0 saturated carbocycles. The van der Waals surface area contributed by atoms with Crippen LogP contribution < -0.4 is 0 Å². The van der Waals surface area contributed by atoms with E-state index in [1.807, 2.05) is 11.0 Å². The molecule has 1 aromatic heterocycles. The van der Waals surface area contributed by atoms with Crippen LogP contribution in [0.1, 0.15) is 38.3 Å². The lowest BCUT2D eigenvalue weighted by molar-refractivity contribution is -0.134. The third-order valence-electron chi connectivity index (χ3n) is 5.29. The van der Waals surface area contributed by atoms with Gasteiger partial charge in [0.25, 0.3) is 0 Å². The summed E-state index contributed by atoms with van der Waals surface area (Å²) in [6, 6.07) is 2.57. The van der Waals surface area contributed by atoms with Crippen molar-refractivity contribution in [2.75, 3.05) is 45.8 Å². The smallest absolute Gasteiger partial charge is 0.236 e. The monoisotopic (exact) mass is 331 g/mol. The minimum atomic E-state index is 0.270. The molecule has 0 spiro atoms. The number of piperidine rings is 1. The van der Waals surface area contributed by atoms with Crippen molar-refractivity contribution in [1.29, 1.82) is 0 Å². The SMILES string of the molecule is CC(C)N1CCN(CC(=O)N2CCC[C@H](c3ccncn3)C2)CC1. The highest BCUT2D eigenvalue weighted by Gasteiger charge is 2.27. The fraction of sp³-hybridized carbons (Fsp3) is 0.722. The number of rotatable bonds is 4. The Labute approximate surface area is 144 Å². The molecule has 24 heavy (non-hydrogen) atoms. The maximum absolute atomic E-state index is 12.7. The number of hydrogen-bond donors (Lipinski definition) is 0. The van der Waals surface area contributed by atoms with E-state index in [1.54, 1.807) is 12.5 Å². The highest BCUT2D eigenvalue weighted by molar-refractivity contribution is 5.78. The molecule has 0 aliphatic carbocycles. The lowest BCUT2D eigenvalue weighted by Crippen LogP contribution is -2.52. The average molecular weight is 331 g/mol. The lowest BCUT2D eigenvalue weighted by atomic mass is 9.94. The Morgan fingerprint density at radius 1 is 1.25 bits per heavy atom. The summed E-state index contributed by atoms with van der Waals surface area (Å²) < 4.78 is 0. The maximum atomic E-state index is 12.7. The molecular formula is C18H29N5O. The van der Waals surface area contributed by atoms with Crippen LogP contribution in [-0.4, -0.2) is 82.4 Å². The zero-order valence-corrected chi connectivity index (χ0v) is 14.9. The van der Waals surface area contributed by atoms with Gasteiger partial charge >= 0.3 is 0 Å². The number of aromatic nitrogens is 2. The Morgan fingerprint density at radius 2 is 2.04 bits per heavy atom. The molecular weight excluding hydrogens is 302 g/mol. The number of carbonyl (C=O) groups excluding carboxylic acids is 1. The van der Waals surface area contributed by atoms with Gasteiger partial charge in [-0.3, -0.25) is 14.6 Å². The van der Waals surface area contributed by atoms with Gasteiger partial charge in [-0.1, -0.05) is 0 Å². The summed E-state index contributed by atoms with van der Waals surface area (Å²) in [6.07, 6.45) is 5.55. The summed E-state index contributed by atoms with van der Waals surface area (Å²) in [5.41, 5.74) is 1.06. The number of piperazine rings is 1. The predicted octanol–water partition coefficient (Wildman–Crippen LogP) is 1.21. The van der Waals surface area contributed by atoms with Crippen LogP contribution in [0.4, 0.5) is 0 Å². The molecule has 2 saturated heterocycles. The van der Waals surface area contributed by atoms with E-state index in [4.69, 9.17) is 0 Å². The van der Waals surface area contributed by atoms with Gasteiger partial charge < -0.3 is 4.90 Å². The Bertz CT molecular complexity index is 527. The highest BCUT2D eigenvalue weighted by Crippen LogP contribution is 2.25. The van der Waals surface area contributed by atoms with Gasteiger partial charge in [-0.15, -0.1) is 0 Å². The molecule has 0 unspecified atom stereocenters. The first kappa shape index (κ1) is 17.3. The molecule has 2 aliphatic heterocycles. The van der Waals surface area contributed by atoms with E-state index >= 15 is 0 Å². The summed E-state index contributed by atoms with van der Waals surface area (Å²) in [7, 11) is 0. The van der Waals surface area contributed by atoms with Gasteiger partial charge in [0.15, 0.2) is 0 Å². The second-order valence-corrected chi connectivity index (χ2v) is 7.22. The van der Waals surface area contributed by atoms with Crippen LogP contribution in [0, 0.1) is 0 Å². The van der Waals surface area contributed by atoms with Gasteiger partial charge in [-0.2, -0.15) is 0 Å². The second-order valence-electron chi connectivity index (χ2n) is 7.22. The molecule has 1 amide bonds. The van der Waals surface area contributed by atoms with Crippen LogP contribution in [0.3, 0.4) is 0 Å². The van der Waals surface area contributed by atoms with Crippen molar-refractivity contribution in [2.24, 2.45) is 0 Å². The van der Waals surface area contributed by atoms with Crippen LogP contribution in [-0.2, 0) is 4.79 Å². The Kier molecular flexibility index (Phi) is 5.79. The molecule has 2 fully saturated rings. The molecule has 3 heterocycles. The largest absolute Gasteiger partial charge is 0.341 e. The number of hydrogen-bond acceptors (Lipinski definition) is 5. The van der Waals surface area contributed by atoms with Crippen molar-refractivity contribution in [2.45, 2.75) is 38.6 Å². The van der Waals surface area contributed by atoms with Crippen LogP contribution in [0.25, 0.3) is 0 Å². The standard InChI is InChI=1S/C18H29N5O/c1-15(2)22-10-8-21(9-11-22)13-18(24)23-7-3-4-16(12-23)17-5-6-19-14-20-17/h5-6,14-16H,3-4,7-13H2,1-2H3/t16-/m0/s1. The quantitative estimate of drug-likeness (QED) is 0.830. The third kappa shape index (κ3) is 4.30. The average Bonchev–Trinajstić information content (AvgIpc) is 2.63. The molecule has 0 bridgehead atoms. The highest BCUT2D eigenvalue weighted by atomic mass is 16.2. The normalized spacial score (nSPS) is 23.6. The van der Waals surface area contributed by atoms with Crippen molar-refractivity contribution in [3.05, 3.63) is 24.3 Å². The molecule has 3 rings (SSSR count). The van der Waals surface area contributed by atoms with Crippen molar-refractivity contribution < 1.29 is 4.79 Å². The number of amides is 1. The van der Waals surface area contributed by atoms with Gasteiger partial charge in [0.2, 0.25) is 5.91 Å². The van der Waals surface area contributed by atoms with Crippen LogP contribution in [0.5, 0.6) is 0 Å². The third-order valence-corrected chi connectivity index (χ3v) is 5.29. The number of likely N-dealkylation sites (tertiary alicyclic amines) is 1. The van der Waals surface area contributed by atoms with Crippen molar-refractivity contribution in [1.82, 2.24) is 24.7 Å². The summed E-state index contributed by atoms with van der Waals surface area (Å²) >= 11 is 0. The van der Waals surface area contributed by atoms with Gasteiger partial charge in [-0.25, -0.2) is 9.97 Å². The maximum Gasteiger partial charge on any atom is 0.236 e. The van der Waals surface area contributed by atoms with Gasteiger partial charge in [0.05, 0.1) is 6.54 Å². The Balaban J connectivity index is 1.50. The lowest BCUT2D eigenvalue weighted by Gasteiger charge is -2.38. The van der Waals surface area contributed by atoms with Gasteiger partial charge in [0, 0.05) is 63.1 Å². The van der Waals surface area contributed by atoms with E-state index in [1.165, 1.54) is 0 Å². The molecule has 6 heteroatoms. The molecule has 0 aromatic carbocycles. The first-order valence-electron chi connectivity index (χ1n) is 9.13. The molecule has 1 atom stereocenters. The van der Waals surface area contributed by atoms with E-state index in [0.29, 0.717) is 18.5 Å². The summed E-state index contributed by atoms with van der Waals surface area (Å²) in [5, 5.41) is 0. The molecule has 0 N–H and O–H groups in total. The van der Waals surface area contributed by atoms with Crippen LogP contribution in [0.15, 0.2) is 18.6 Å². The van der Waals surface area contributed by atoms with Crippen molar-refractivity contribution >= 4 is 5.91 Å². The minimum absolute atomic E-state index is 0.270. The van der Waals surface area contributed by atoms with E-state index in [0.717, 1.165) is 57.8 Å². The van der Waals surface area contributed by atoms with E-state index in [2.05, 4.69) is 33.6 Å². The number of nitrogens with zero attached hydrogens (tertiary/aromatic N) is 5. The second kappa shape index (κ2) is 8.03. The summed E-state index contributed by atoms with van der Waals surface area (Å²) in [4.78, 5) is 27.9. The molecule has 1 aromatic rings. The fourth-order valence-corrected chi connectivity index (χ4v) is 3.72. The van der Waals surface area contributed by atoms with Gasteiger partial charge in [-0.05, 0) is 32.8 Å². The summed E-state index contributed by atoms with van der Waals surface area (Å²) in [6.45, 7) is 10.8. The van der Waals surface area contributed by atoms with E-state index < -0.39 is 0 Å². The molecule has 2 aliphatic rings. The molecule has 132 valence electrons. The molecule has 0 radical (unpaired) electrons. The Hall–Kier alpha value is -1.53. The Morgan fingerprint density at radius 3 is 2.71 bits per heavy atom. The van der Waals surface area contributed by atoms with E-state index in [9.17, 15) is 4.79 Å². The first-order chi connectivity index (χ1) is 11.6. The first-order valence-corrected chi connectivity index (χ1v) is 9.13. The fourth-order valence-electron chi connectivity index (χ4n) is 3.72. The predicted molar refractivity (Wildman–Crippen MR) is 93.7 cm³/mol. The van der Waals surface area contributed by atoms with E-state index in [-0.39, 0.29) is 5.91 Å². The van der Waals surface area contributed by atoms with Gasteiger partial charge in [0.1, 0.15) is 6.33 Å². The van der Waals surface area contributed by atoms with Crippen molar-refractivity contribution in [3.8, 4) is 0 Å². The number of carbonyl (C=O) groups is 1. The topological polar surface area (TPSA) is 52.6 Å². The minimum Gasteiger partial charge on any atom is -0.341 e.